The zero-order valence-electron chi connectivity index (χ0n) is 17.1. The van der Waals surface area contributed by atoms with Crippen molar-refractivity contribution in [2.45, 2.75) is 45.7 Å². The van der Waals surface area contributed by atoms with Gasteiger partial charge in [0.05, 0.1) is 16.6 Å². The summed E-state index contributed by atoms with van der Waals surface area (Å²) >= 11 is 4.45. The third-order valence-electron chi connectivity index (χ3n) is 5.04. The number of anilines is 1. The van der Waals surface area contributed by atoms with Crippen molar-refractivity contribution in [2.24, 2.45) is 0 Å². The van der Waals surface area contributed by atoms with Gasteiger partial charge >= 0.3 is 12.1 Å². The summed E-state index contributed by atoms with van der Waals surface area (Å²) in [5.74, 6) is -1.29. The van der Waals surface area contributed by atoms with Crippen molar-refractivity contribution in [3.63, 3.8) is 0 Å². The van der Waals surface area contributed by atoms with Gasteiger partial charge in [-0.25, -0.2) is 14.3 Å². The van der Waals surface area contributed by atoms with Gasteiger partial charge in [0.15, 0.2) is 11.3 Å². The van der Waals surface area contributed by atoms with Crippen LogP contribution in [0.25, 0.3) is 5.65 Å². The van der Waals surface area contributed by atoms with Gasteiger partial charge in [-0.05, 0) is 67.1 Å². The first-order valence-corrected chi connectivity index (χ1v) is 11.5. The molecular formula is C20H18BrF3N4O3S. The summed E-state index contributed by atoms with van der Waals surface area (Å²) in [6.07, 6.45) is -1.29. The largest absolute Gasteiger partial charge is 0.462 e. The molecule has 1 aliphatic rings. The molecule has 1 aliphatic carbocycles. The van der Waals surface area contributed by atoms with Crippen LogP contribution < -0.4 is 5.32 Å². The number of ether oxygens (including phenoxy) is 1. The normalized spacial score (nSPS) is 13.8. The molecule has 0 fully saturated rings. The van der Waals surface area contributed by atoms with Crippen LogP contribution in [0.15, 0.2) is 10.5 Å². The summed E-state index contributed by atoms with van der Waals surface area (Å²) in [5.41, 5.74) is -0.134. The predicted octanol–water partition coefficient (Wildman–Crippen LogP) is 5.19. The summed E-state index contributed by atoms with van der Waals surface area (Å²) in [5, 5.41) is 6.84. The molecule has 0 atom stereocenters. The first-order valence-electron chi connectivity index (χ1n) is 9.87. The smallest absolute Gasteiger partial charge is 0.433 e. The molecule has 1 N–H and O–H groups in total. The van der Waals surface area contributed by atoms with Crippen LogP contribution in [0.1, 0.15) is 62.4 Å². The third-order valence-corrected chi connectivity index (χ3v) is 6.98. The van der Waals surface area contributed by atoms with Gasteiger partial charge in [0, 0.05) is 10.6 Å². The molecule has 32 heavy (non-hydrogen) atoms. The maximum Gasteiger partial charge on any atom is 0.433 e. The van der Waals surface area contributed by atoms with E-state index < -0.39 is 23.7 Å². The lowest BCUT2D eigenvalue weighted by molar-refractivity contribution is -0.142. The van der Waals surface area contributed by atoms with Crippen LogP contribution in [0.3, 0.4) is 0 Å². The summed E-state index contributed by atoms with van der Waals surface area (Å²) in [6, 6.07) is 0.861. The number of aryl methyl sites for hydroxylation is 2. The Hall–Kier alpha value is -2.47. The van der Waals surface area contributed by atoms with Crippen LogP contribution in [-0.2, 0) is 23.8 Å². The second-order valence-corrected chi connectivity index (χ2v) is 9.17. The molecule has 170 valence electrons. The van der Waals surface area contributed by atoms with Gasteiger partial charge in [-0.1, -0.05) is 0 Å². The van der Waals surface area contributed by atoms with Crippen molar-refractivity contribution in [3.05, 3.63) is 43.6 Å². The number of carbonyl (C=O) groups excluding carboxylic acids is 2. The molecule has 3 aromatic heterocycles. The van der Waals surface area contributed by atoms with Gasteiger partial charge in [-0.2, -0.15) is 18.3 Å². The second kappa shape index (κ2) is 8.47. The van der Waals surface area contributed by atoms with Crippen molar-refractivity contribution in [1.29, 1.82) is 0 Å². The van der Waals surface area contributed by atoms with E-state index in [1.54, 1.807) is 6.92 Å². The van der Waals surface area contributed by atoms with Crippen LogP contribution in [-0.4, -0.2) is 33.1 Å². The van der Waals surface area contributed by atoms with Crippen molar-refractivity contribution < 1.29 is 27.5 Å². The number of nitrogens with zero attached hydrogens (tertiary/aromatic N) is 3. The van der Waals surface area contributed by atoms with Crippen LogP contribution in [0.2, 0.25) is 0 Å². The van der Waals surface area contributed by atoms with Gasteiger partial charge in [0.25, 0.3) is 5.91 Å². The van der Waals surface area contributed by atoms with Gasteiger partial charge in [-0.15, -0.1) is 11.3 Å². The molecule has 1 amide bonds. The van der Waals surface area contributed by atoms with Crippen molar-refractivity contribution >= 4 is 49.8 Å². The van der Waals surface area contributed by atoms with E-state index in [4.69, 9.17) is 4.74 Å². The molecule has 0 unspecified atom stereocenters. The third kappa shape index (κ3) is 4.01. The Balaban J connectivity index is 1.76. The van der Waals surface area contributed by atoms with Crippen LogP contribution in [0.5, 0.6) is 0 Å². The van der Waals surface area contributed by atoms with E-state index in [0.717, 1.165) is 35.8 Å². The number of aromatic nitrogens is 3. The number of rotatable bonds is 4. The first-order chi connectivity index (χ1) is 15.1. The number of esters is 1. The highest BCUT2D eigenvalue weighted by atomic mass is 79.9. The molecule has 12 heteroatoms. The number of alkyl halides is 3. The monoisotopic (exact) mass is 530 g/mol. The summed E-state index contributed by atoms with van der Waals surface area (Å²) in [7, 11) is 0. The molecule has 0 spiro atoms. The highest BCUT2D eigenvalue weighted by Crippen LogP contribution is 2.39. The molecule has 3 aromatic rings. The lowest BCUT2D eigenvalue weighted by atomic mass is 9.95. The van der Waals surface area contributed by atoms with E-state index in [1.165, 1.54) is 18.3 Å². The number of hydrogen-bond donors (Lipinski definition) is 1. The molecule has 0 saturated carbocycles. The number of hydrogen-bond acceptors (Lipinski definition) is 6. The quantitative estimate of drug-likeness (QED) is 0.469. The van der Waals surface area contributed by atoms with E-state index in [-0.39, 0.29) is 28.1 Å². The Labute approximate surface area is 193 Å². The van der Waals surface area contributed by atoms with Crippen molar-refractivity contribution in [1.82, 2.24) is 14.6 Å². The minimum Gasteiger partial charge on any atom is -0.462 e. The highest BCUT2D eigenvalue weighted by molar-refractivity contribution is 9.10. The summed E-state index contributed by atoms with van der Waals surface area (Å²) in [4.78, 5) is 30.7. The number of fused-ring (bicyclic) bond motifs is 2. The van der Waals surface area contributed by atoms with Crippen LogP contribution in [0, 0.1) is 6.92 Å². The molecule has 0 saturated heterocycles. The average molecular weight is 531 g/mol. The van der Waals surface area contributed by atoms with E-state index in [1.807, 2.05) is 0 Å². The molecular weight excluding hydrogens is 513 g/mol. The number of nitrogens with one attached hydrogen (secondary N) is 1. The van der Waals surface area contributed by atoms with Gasteiger partial charge in [-0.3, -0.25) is 4.79 Å². The Morgan fingerprint density at radius 3 is 2.72 bits per heavy atom. The van der Waals surface area contributed by atoms with E-state index in [2.05, 4.69) is 31.3 Å². The molecule has 7 nitrogen and oxygen atoms in total. The molecule has 0 aromatic carbocycles. The molecule has 0 aliphatic heterocycles. The zero-order chi connectivity index (χ0) is 23.2. The fraction of sp³-hybridized carbons (Fsp3) is 0.400. The Bertz CT molecular complexity index is 1240. The topological polar surface area (TPSA) is 85.6 Å². The number of halogens is 4. The summed E-state index contributed by atoms with van der Waals surface area (Å²) < 4.78 is 46.2. The standard InChI is InChI=1S/C20H18BrF3N4O3S/c1-3-31-19(30)13-10-6-4-5-7-11(10)32-18(13)26-17(29)15-14(21)16-25-9(2)8-12(20(22,23)24)28(16)27-15/h8H,3-7H2,1-2H3,(H,26,29). The average Bonchev–Trinajstić information content (AvgIpc) is 3.24. The molecule has 0 radical (unpaired) electrons. The fourth-order valence-electron chi connectivity index (χ4n) is 3.70. The Morgan fingerprint density at radius 1 is 1.31 bits per heavy atom. The minimum absolute atomic E-state index is 0.0307. The van der Waals surface area contributed by atoms with E-state index in [0.29, 0.717) is 21.5 Å². The molecule has 4 rings (SSSR count). The SMILES string of the molecule is CCOC(=O)c1c(NC(=O)c2nn3c(C(F)(F)F)cc(C)nc3c2Br)sc2c1CCCC2. The predicted molar refractivity (Wildman–Crippen MR) is 115 cm³/mol. The first kappa shape index (κ1) is 22.7. The van der Waals surface area contributed by atoms with Crippen LogP contribution >= 0.6 is 27.3 Å². The lowest BCUT2D eigenvalue weighted by Crippen LogP contribution is -2.17. The maximum absolute atomic E-state index is 13.5. The number of carbonyl (C=O) groups is 2. The zero-order valence-corrected chi connectivity index (χ0v) is 19.5. The second-order valence-electron chi connectivity index (χ2n) is 7.27. The van der Waals surface area contributed by atoms with Crippen LogP contribution in [0.4, 0.5) is 18.2 Å². The van der Waals surface area contributed by atoms with Crippen molar-refractivity contribution in [2.75, 3.05) is 11.9 Å². The minimum atomic E-state index is -4.69. The Kier molecular flexibility index (Phi) is 6.01. The maximum atomic E-state index is 13.5. The van der Waals surface area contributed by atoms with Crippen molar-refractivity contribution in [3.8, 4) is 0 Å². The van der Waals surface area contributed by atoms with Gasteiger partial charge < -0.3 is 10.1 Å². The number of amides is 1. The molecule has 0 bridgehead atoms. The summed E-state index contributed by atoms with van der Waals surface area (Å²) in [6.45, 7) is 3.30. The van der Waals surface area contributed by atoms with Gasteiger partial charge in [0.1, 0.15) is 10.7 Å². The van der Waals surface area contributed by atoms with E-state index in [9.17, 15) is 22.8 Å². The Morgan fingerprint density at radius 2 is 2.03 bits per heavy atom. The molecule has 3 heterocycles. The fourth-order valence-corrected chi connectivity index (χ4v) is 5.48. The van der Waals surface area contributed by atoms with E-state index >= 15 is 0 Å². The highest BCUT2D eigenvalue weighted by Gasteiger charge is 2.36. The van der Waals surface area contributed by atoms with Gasteiger partial charge in [0.2, 0.25) is 0 Å². The number of thiophene rings is 1. The lowest BCUT2D eigenvalue weighted by Gasteiger charge is -2.12.